The molecule has 4 rings (SSSR count). The molecular weight excluding hydrogens is 438 g/mol. The summed E-state index contributed by atoms with van der Waals surface area (Å²) in [6.07, 6.45) is 2.95. The molecule has 1 aliphatic rings. The van der Waals surface area contributed by atoms with E-state index in [-0.39, 0.29) is 5.91 Å². The van der Waals surface area contributed by atoms with Crippen molar-refractivity contribution in [2.24, 2.45) is 7.05 Å². The summed E-state index contributed by atoms with van der Waals surface area (Å²) in [4.78, 5) is 15.2. The third-order valence-corrected chi connectivity index (χ3v) is 6.88. The Labute approximate surface area is 208 Å². The van der Waals surface area contributed by atoms with E-state index in [1.165, 1.54) is 22.3 Å². The van der Waals surface area contributed by atoms with Crippen LogP contribution >= 0.6 is 0 Å². The second kappa shape index (κ2) is 11.5. The maximum absolute atomic E-state index is 13.3. The molecule has 0 saturated heterocycles. The fourth-order valence-electron chi connectivity index (χ4n) is 4.76. The lowest BCUT2D eigenvalue weighted by Gasteiger charge is -2.24. The first-order valence-electron chi connectivity index (χ1n) is 12.6. The Morgan fingerprint density at radius 2 is 1.89 bits per heavy atom. The fraction of sp³-hybridized carbons (Fsp3) is 0.448. The van der Waals surface area contributed by atoms with E-state index in [4.69, 9.17) is 9.47 Å². The highest BCUT2D eigenvalue weighted by Crippen LogP contribution is 2.25. The number of benzene rings is 2. The van der Waals surface area contributed by atoms with Crippen LogP contribution < -0.4 is 4.74 Å². The van der Waals surface area contributed by atoms with E-state index in [1.807, 2.05) is 23.6 Å². The molecule has 1 aliphatic heterocycles. The molecule has 1 amide bonds. The van der Waals surface area contributed by atoms with Crippen molar-refractivity contribution in [3.8, 4) is 5.75 Å². The summed E-state index contributed by atoms with van der Waals surface area (Å²) >= 11 is 0. The van der Waals surface area contributed by atoms with Gasteiger partial charge in [-0.05, 0) is 60.6 Å². The summed E-state index contributed by atoms with van der Waals surface area (Å²) in [6, 6.07) is 15.0. The number of hydrogen-bond acceptors (Lipinski definition) is 4. The lowest BCUT2D eigenvalue weighted by atomic mass is 9.99. The van der Waals surface area contributed by atoms with E-state index in [0.717, 1.165) is 35.5 Å². The second-order valence-electron chi connectivity index (χ2n) is 9.34. The van der Waals surface area contributed by atoms with E-state index in [2.05, 4.69) is 61.4 Å². The zero-order valence-electron chi connectivity index (χ0n) is 21.5. The number of fused-ring (bicyclic) bond motifs is 3. The molecule has 1 aromatic heterocycles. The van der Waals surface area contributed by atoms with Crippen molar-refractivity contribution >= 4 is 5.91 Å². The zero-order chi connectivity index (χ0) is 24.8. The molecule has 0 spiro atoms. The number of carbonyl (C=O) groups is 1. The number of aryl methyl sites for hydroxylation is 3. The summed E-state index contributed by atoms with van der Waals surface area (Å²) in [5, 5.41) is 4.49. The van der Waals surface area contributed by atoms with Gasteiger partial charge in [-0.2, -0.15) is 5.10 Å². The van der Waals surface area contributed by atoms with Gasteiger partial charge in [-0.3, -0.25) is 9.48 Å². The Morgan fingerprint density at radius 1 is 1.06 bits per heavy atom. The van der Waals surface area contributed by atoms with Crippen LogP contribution in [-0.4, -0.2) is 47.0 Å². The Hall–Kier alpha value is -3.12. The highest BCUT2D eigenvalue weighted by atomic mass is 16.5. The van der Waals surface area contributed by atoms with Gasteiger partial charge in [0.25, 0.3) is 0 Å². The first-order valence-corrected chi connectivity index (χ1v) is 12.6. The van der Waals surface area contributed by atoms with E-state index in [0.29, 0.717) is 45.8 Å². The number of hydrogen-bond donors (Lipinski definition) is 0. The molecule has 6 heteroatoms. The number of ether oxygens (including phenoxy) is 2. The molecule has 2 aromatic carbocycles. The maximum atomic E-state index is 13.3. The molecule has 0 N–H and O–H groups in total. The van der Waals surface area contributed by atoms with E-state index in [1.54, 1.807) is 0 Å². The lowest BCUT2D eigenvalue weighted by Crippen LogP contribution is -2.34. The minimum absolute atomic E-state index is 0.142. The minimum Gasteiger partial charge on any atom is -0.491 e. The summed E-state index contributed by atoms with van der Waals surface area (Å²) in [6.45, 7) is 8.86. The molecule has 0 radical (unpaired) electrons. The quantitative estimate of drug-likeness (QED) is 0.555. The molecule has 3 aromatic rings. The predicted octanol–water partition coefficient (Wildman–Crippen LogP) is 4.56. The number of carbonyl (C=O) groups excluding carboxylic acids is 1. The van der Waals surface area contributed by atoms with Crippen LogP contribution in [0.1, 0.15) is 52.5 Å². The van der Waals surface area contributed by atoms with Crippen molar-refractivity contribution in [3.63, 3.8) is 0 Å². The zero-order valence-corrected chi connectivity index (χ0v) is 21.5. The molecule has 2 bridgehead atoms. The van der Waals surface area contributed by atoms with Crippen molar-refractivity contribution in [3.05, 3.63) is 81.7 Å². The monoisotopic (exact) mass is 475 g/mol. The first kappa shape index (κ1) is 25.0. The molecule has 0 saturated carbocycles. The van der Waals surface area contributed by atoms with E-state index >= 15 is 0 Å². The van der Waals surface area contributed by atoms with Crippen molar-refractivity contribution < 1.29 is 14.3 Å². The van der Waals surface area contributed by atoms with Crippen LogP contribution in [0.5, 0.6) is 5.75 Å². The SMILES string of the molecule is CCc1ccc2c(c1)Cc1cccc(c1)CN(C(=O)CCc1c(C)nn(C)c1C)CCOCCO2. The van der Waals surface area contributed by atoms with E-state index < -0.39 is 0 Å². The lowest BCUT2D eigenvalue weighted by molar-refractivity contribution is -0.132. The first-order chi connectivity index (χ1) is 16.9. The Kier molecular flexibility index (Phi) is 8.24. The molecule has 2 heterocycles. The van der Waals surface area contributed by atoms with Gasteiger partial charge >= 0.3 is 0 Å². The summed E-state index contributed by atoms with van der Waals surface area (Å²) in [5.74, 6) is 1.06. The highest BCUT2D eigenvalue weighted by Gasteiger charge is 2.18. The van der Waals surface area contributed by atoms with Crippen LogP contribution in [-0.2, 0) is 42.4 Å². The molecule has 0 atom stereocenters. The van der Waals surface area contributed by atoms with Crippen LogP contribution in [0.4, 0.5) is 0 Å². The van der Waals surface area contributed by atoms with Crippen LogP contribution in [0.25, 0.3) is 0 Å². The standard InChI is InChI=1S/C29H37N3O3/c1-5-23-9-11-28-26(18-23)19-24-7-6-8-25(17-24)20-32(13-14-34-15-16-35-28)29(33)12-10-27-21(2)30-31(4)22(27)3/h6-9,11,17-18H,5,10,12-16,19-20H2,1-4H3. The van der Waals surface area contributed by atoms with Crippen LogP contribution in [0.15, 0.2) is 42.5 Å². The van der Waals surface area contributed by atoms with Gasteiger partial charge in [0.2, 0.25) is 5.91 Å². The molecule has 0 aliphatic carbocycles. The summed E-state index contributed by atoms with van der Waals surface area (Å²) in [5.41, 5.74) is 8.15. The molecule has 35 heavy (non-hydrogen) atoms. The Bertz CT molecular complexity index is 1170. The van der Waals surface area contributed by atoms with Crippen molar-refractivity contribution in [2.45, 2.75) is 53.0 Å². The van der Waals surface area contributed by atoms with Gasteiger partial charge in [-0.1, -0.05) is 43.3 Å². The van der Waals surface area contributed by atoms with E-state index in [9.17, 15) is 4.79 Å². The average Bonchev–Trinajstić information content (AvgIpc) is 3.09. The predicted molar refractivity (Wildman–Crippen MR) is 138 cm³/mol. The maximum Gasteiger partial charge on any atom is 0.223 e. The summed E-state index contributed by atoms with van der Waals surface area (Å²) in [7, 11) is 1.95. The van der Waals surface area contributed by atoms with Crippen LogP contribution in [0.3, 0.4) is 0 Å². The normalized spacial score (nSPS) is 14.7. The third-order valence-electron chi connectivity index (χ3n) is 6.88. The van der Waals surface area contributed by atoms with Crippen molar-refractivity contribution in [1.82, 2.24) is 14.7 Å². The topological polar surface area (TPSA) is 56.6 Å². The van der Waals surface area contributed by atoms with Gasteiger partial charge in [-0.15, -0.1) is 0 Å². The Balaban J connectivity index is 1.53. The van der Waals surface area contributed by atoms with Gasteiger partial charge < -0.3 is 14.4 Å². The highest BCUT2D eigenvalue weighted by molar-refractivity contribution is 5.76. The fourth-order valence-corrected chi connectivity index (χ4v) is 4.76. The van der Waals surface area contributed by atoms with Gasteiger partial charge in [-0.25, -0.2) is 0 Å². The number of amides is 1. The van der Waals surface area contributed by atoms with Gasteiger partial charge in [0.15, 0.2) is 0 Å². The molecular formula is C29H37N3O3. The Morgan fingerprint density at radius 3 is 2.66 bits per heavy atom. The van der Waals surface area contributed by atoms with Crippen molar-refractivity contribution in [2.75, 3.05) is 26.4 Å². The van der Waals surface area contributed by atoms with Crippen LogP contribution in [0, 0.1) is 13.8 Å². The van der Waals surface area contributed by atoms with Crippen molar-refractivity contribution in [1.29, 1.82) is 0 Å². The minimum atomic E-state index is 0.142. The third kappa shape index (κ3) is 6.31. The number of nitrogens with zero attached hydrogens (tertiary/aromatic N) is 3. The smallest absolute Gasteiger partial charge is 0.223 e. The molecule has 6 nitrogen and oxygen atoms in total. The average molecular weight is 476 g/mol. The van der Waals surface area contributed by atoms with Gasteiger partial charge in [0.1, 0.15) is 12.4 Å². The van der Waals surface area contributed by atoms with Crippen LogP contribution in [0.2, 0.25) is 0 Å². The van der Waals surface area contributed by atoms with Gasteiger partial charge in [0.05, 0.1) is 18.9 Å². The largest absolute Gasteiger partial charge is 0.491 e. The second-order valence-corrected chi connectivity index (χ2v) is 9.34. The number of aromatic nitrogens is 2. The molecule has 0 fully saturated rings. The molecule has 186 valence electrons. The van der Waals surface area contributed by atoms with Gasteiger partial charge in [0, 0.05) is 38.7 Å². The summed E-state index contributed by atoms with van der Waals surface area (Å²) < 4.78 is 13.8. The number of rotatable bonds is 4. The molecule has 0 unspecified atom stereocenters.